The van der Waals surface area contributed by atoms with Crippen molar-refractivity contribution in [1.29, 1.82) is 0 Å². The fourth-order valence-electron chi connectivity index (χ4n) is 6.65. The molecule has 2 aliphatic heterocycles. The first kappa shape index (κ1) is 36.5. The zero-order chi connectivity index (χ0) is 36.0. The summed E-state index contributed by atoms with van der Waals surface area (Å²) < 4.78 is 46.7. The number of sulfonamides is 1. The fourth-order valence-corrected chi connectivity index (χ4v) is 8.30. The van der Waals surface area contributed by atoms with Crippen LogP contribution in [0.4, 0.5) is 4.79 Å². The molecular weight excluding hydrogens is 673 g/mol. The molecule has 51 heavy (non-hydrogen) atoms. The van der Waals surface area contributed by atoms with E-state index in [-0.39, 0.29) is 55.0 Å². The van der Waals surface area contributed by atoms with E-state index < -0.39 is 34.4 Å². The minimum atomic E-state index is -4.16. The third-order valence-corrected chi connectivity index (χ3v) is 11.1. The van der Waals surface area contributed by atoms with Gasteiger partial charge in [0, 0.05) is 36.8 Å². The number of hydrogen-bond acceptors (Lipinski definition) is 9. The average Bonchev–Trinajstić information content (AvgIpc) is 3.82. The largest absolute Gasteiger partial charge is 0.494 e. The summed E-state index contributed by atoms with van der Waals surface area (Å²) in [4.78, 5) is 20.6. The first-order chi connectivity index (χ1) is 24.6. The summed E-state index contributed by atoms with van der Waals surface area (Å²) in [6.07, 6.45) is 0.357. The summed E-state index contributed by atoms with van der Waals surface area (Å²) in [5.41, 5.74) is 2.93. The fraction of sp³-hybridized carbons (Fsp3) is 0.421. The van der Waals surface area contributed by atoms with Gasteiger partial charge in [-0.15, -0.1) is 0 Å². The number of amides is 1. The zero-order valence-corrected chi connectivity index (χ0v) is 29.7. The number of carbonyl (C=O) groups is 1. The van der Waals surface area contributed by atoms with Gasteiger partial charge in [0.1, 0.15) is 6.10 Å². The number of aliphatic hydroxyl groups is 1. The Bertz CT molecular complexity index is 1900. The van der Waals surface area contributed by atoms with Crippen molar-refractivity contribution in [2.75, 3.05) is 32.8 Å². The Hall–Kier alpha value is -4.27. The van der Waals surface area contributed by atoms with Crippen LogP contribution in [0.5, 0.6) is 5.88 Å². The first-order valence-electron chi connectivity index (χ1n) is 17.4. The Labute approximate surface area is 298 Å². The molecule has 0 bridgehead atoms. The number of nitrogens with one attached hydrogen (secondary N) is 2. The minimum absolute atomic E-state index is 0.00216. The highest BCUT2D eigenvalue weighted by Gasteiger charge is 2.44. The van der Waals surface area contributed by atoms with E-state index in [0.717, 1.165) is 24.0 Å². The van der Waals surface area contributed by atoms with Gasteiger partial charge in [0.25, 0.3) is 0 Å². The lowest BCUT2D eigenvalue weighted by atomic mass is 10.0. The van der Waals surface area contributed by atoms with Crippen molar-refractivity contribution in [2.24, 2.45) is 16.8 Å². The smallest absolute Gasteiger partial charge is 0.407 e. The van der Waals surface area contributed by atoms with Crippen LogP contribution in [-0.4, -0.2) is 97.6 Å². The van der Waals surface area contributed by atoms with Crippen LogP contribution >= 0.6 is 0 Å². The van der Waals surface area contributed by atoms with Crippen LogP contribution in [0.1, 0.15) is 37.0 Å². The van der Waals surface area contributed by atoms with Gasteiger partial charge in [0.05, 0.1) is 41.7 Å². The molecule has 0 saturated carbocycles. The van der Waals surface area contributed by atoms with Crippen LogP contribution in [0.2, 0.25) is 0 Å². The molecule has 4 aromatic rings. The molecule has 2 saturated heterocycles. The Balaban J connectivity index is 1.21. The predicted molar refractivity (Wildman–Crippen MR) is 193 cm³/mol. The summed E-state index contributed by atoms with van der Waals surface area (Å²) in [6.45, 7) is 4.87. The Morgan fingerprint density at radius 3 is 2.51 bits per heavy atom. The number of fused-ring (bicyclic) bond motifs is 2. The van der Waals surface area contributed by atoms with E-state index in [1.165, 1.54) is 16.4 Å². The van der Waals surface area contributed by atoms with E-state index >= 15 is 0 Å². The van der Waals surface area contributed by atoms with Gasteiger partial charge in [-0.05, 0) is 54.5 Å². The molecule has 12 nitrogen and oxygen atoms in total. The number of aromatic nitrogens is 1. The zero-order valence-electron chi connectivity index (χ0n) is 28.9. The number of nitrogens with zero attached hydrogens (tertiary/aromatic N) is 2. The van der Waals surface area contributed by atoms with Gasteiger partial charge in [0.2, 0.25) is 10.0 Å². The predicted octanol–water partition coefficient (Wildman–Crippen LogP) is 4.64. The molecule has 0 radical (unpaired) electrons. The highest BCUT2D eigenvalue weighted by atomic mass is 32.2. The summed E-state index contributed by atoms with van der Waals surface area (Å²) >= 11 is 0. The molecule has 0 spiro atoms. The molecule has 272 valence electrons. The average molecular weight is 719 g/mol. The maximum atomic E-state index is 14.3. The van der Waals surface area contributed by atoms with Crippen LogP contribution < -0.4 is 5.32 Å². The lowest BCUT2D eigenvalue weighted by Crippen LogP contribution is -2.51. The SMILES string of the molecule is CC(C)CN(C[C@@H](O)[C@H](Cc1ccccc1)NC(=O)O[C@H]1CO[C@H]2OCC[C@H]21)S(=O)(=O)c1ccc2[nH]c(O)c(C=NCCc3ccccc3)c2c1. The number of aliphatic imine (C=N–C) groups is 1. The Kier molecular flexibility index (Phi) is 11.7. The van der Waals surface area contributed by atoms with Crippen molar-refractivity contribution in [3.05, 3.63) is 95.6 Å². The second-order valence-electron chi connectivity index (χ2n) is 13.6. The normalized spacial score (nSPS) is 20.3. The minimum Gasteiger partial charge on any atom is -0.494 e. The first-order valence-corrected chi connectivity index (χ1v) is 18.8. The molecule has 1 aromatic heterocycles. The summed E-state index contributed by atoms with van der Waals surface area (Å²) in [5, 5.41) is 25.7. The number of carbonyl (C=O) groups excluding carboxylic acids is 1. The van der Waals surface area contributed by atoms with E-state index in [4.69, 9.17) is 14.2 Å². The highest BCUT2D eigenvalue weighted by Crippen LogP contribution is 2.33. The van der Waals surface area contributed by atoms with Crippen molar-refractivity contribution in [2.45, 2.75) is 62.5 Å². The van der Waals surface area contributed by atoms with Crippen LogP contribution in [0, 0.1) is 11.8 Å². The summed E-state index contributed by atoms with van der Waals surface area (Å²) in [7, 11) is -4.16. The van der Waals surface area contributed by atoms with E-state index in [9.17, 15) is 23.4 Å². The van der Waals surface area contributed by atoms with Crippen molar-refractivity contribution in [3.8, 4) is 5.88 Å². The number of aromatic hydroxyl groups is 1. The number of hydrogen-bond donors (Lipinski definition) is 4. The van der Waals surface area contributed by atoms with Crippen molar-refractivity contribution < 1.29 is 37.6 Å². The van der Waals surface area contributed by atoms with Crippen molar-refractivity contribution in [1.82, 2.24) is 14.6 Å². The number of alkyl carbamates (subject to hydrolysis) is 1. The second-order valence-corrected chi connectivity index (χ2v) is 15.5. The Morgan fingerprint density at radius 1 is 1.06 bits per heavy atom. The monoisotopic (exact) mass is 718 g/mol. The highest BCUT2D eigenvalue weighted by molar-refractivity contribution is 7.89. The van der Waals surface area contributed by atoms with Gasteiger partial charge >= 0.3 is 6.09 Å². The van der Waals surface area contributed by atoms with Gasteiger partial charge in [-0.1, -0.05) is 74.5 Å². The number of rotatable bonds is 15. The molecule has 0 unspecified atom stereocenters. The van der Waals surface area contributed by atoms with Gasteiger partial charge in [-0.2, -0.15) is 4.31 Å². The van der Waals surface area contributed by atoms with Crippen LogP contribution in [-0.2, 0) is 37.1 Å². The number of ether oxygens (including phenoxy) is 3. The number of aliphatic hydroxyl groups excluding tert-OH is 1. The molecule has 3 aromatic carbocycles. The van der Waals surface area contributed by atoms with Crippen LogP contribution in [0.3, 0.4) is 0 Å². The standard InChI is InChI=1S/C38H46N4O8S/c1-25(2)22-42(23-34(43)33(19-27-11-7-4-8-12-27)41-38(45)50-35-24-49-37-29(35)16-18-48-37)51(46,47)28-13-14-32-30(20-28)31(36(44)40-32)21-39-17-15-26-9-5-3-6-10-26/h3-14,20-21,25,29,33-35,37,40,43-44H,15-19,22-24H2,1-2H3,(H,41,45)/t29-,33-,34+,35-,37+/m0/s1. The summed E-state index contributed by atoms with van der Waals surface area (Å²) in [5.74, 6) is -0.242. The van der Waals surface area contributed by atoms with Crippen LogP contribution in [0.25, 0.3) is 10.9 Å². The van der Waals surface area contributed by atoms with Crippen LogP contribution in [0.15, 0.2) is 88.8 Å². The molecule has 3 heterocycles. The van der Waals surface area contributed by atoms with Gasteiger partial charge in [-0.3, -0.25) is 4.99 Å². The molecule has 1 amide bonds. The summed E-state index contributed by atoms with van der Waals surface area (Å²) in [6, 6.07) is 23.0. The molecule has 0 aliphatic carbocycles. The van der Waals surface area contributed by atoms with Crippen molar-refractivity contribution >= 4 is 33.2 Å². The Morgan fingerprint density at radius 2 is 1.78 bits per heavy atom. The van der Waals surface area contributed by atoms with E-state index in [1.807, 2.05) is 74.5 Å². The van der Waals surface area contributed by atoms with E-state index in [2.05, 4.69) is 15.3 Å². The van der Waals surface area contributed by atoms with Gasteiger partial charge in [-0.25, -0.2) is 13.2 Å². The number of benzene rings is 3. The molecule has 5 atom stereocenters. The maximum absolute atomic E-state index is 14.3. The molecule has 13 heteroatoms. The quantitative estimate of drug-likeness (QED) is 0.129. The number of H-pyrrole nitrogens is 1. The van der Waals surface area contributed by atoms with Gasteiger partial charge < -0.3 is 34.7 Å². The second kappa shape index (κ2) is 16.4. The van der Waals surface area contributed by atoms with E-state index in [1.54, 1.807) is 12.3 Å². The molecule has 2 aliphatic rings. The maximum Gasteiger partial charge on any atom is 0.407 e. The molecular formula is C38H46N4O8S. The third-order valence-electron chi connectivity index (χ3n) is 9.29. The molecule has 4 N–H and O–H groups in total. The lowest BCUT2D eigenvalue weighted by molar-refractivity contribution is -0.0907. The topological polar surface area (TPSA) is 163 Å². The van der Waals surface area contributed by atoms with Crippen molar-refractivity contribution in [3.63, 3.8) is 0 Å². The number of aromatic amines is 1. The third kappa shape index (κ3) is 8.97. The van der Waals surface area contributed by atoms with E-state index in [0.29, 0.717) is 29.6 Å². The molecule has 6 rings (SSSR count). The lowest BCUT2D eigenvalue weighted by Gasteiger charge is -2.31. The van der Waals surface area contributed by atoms with Gasteiger partial charge in [0.15, 0.2) is 12.2 Å². The molecule has 2 fully saturated rings.